The van der Waals surface area contributed by atoms with Gasteiger partial charge in [0.25, 0.3) is 0 Å². The van der Waals surface area contributed by atoms with Gasteiger partial charge in [0.15, 0.2) is 0 Å². The third-order valence-corrected chi connectivity index (χ3v) is 1.33. The minimum Gasteiger partial charge on any atom is -0.391 e. The molecule has 0 fully saturated rings. The molecule has 0 aromatic rings. The monoisotopic (exact) mass is 175 g/mol. The summed E-state index contributed by atoms with van der Waals surface area (Å²) in [5, 5.41) is 8.84. The second kappa shape index (κ2) is 8.97. The van der Waals surface area contributed by atoms with Crippen LogP contribution in [0.1, 0.15) is 26.7 Å². The Labute approximate surface area is 74.7 Å². The first-order valence-corrected chi connectivity index (χ1v) is 4.42. The lowest BCUT2D eigenvalue weighted by Gasteiger charge is -2.05. The highest BCUT2D eigenvalue weighted by atomic mass is 16.5. The predicted octanol–water partition coefficient (Wildman–Crippen LogP) is 1.36. The van der Waals surface area contributed by atoms with Gasteiger partial charge in [0.2, 0.25) is 0 Å². The van der Waals surface area contributed by atoms with E-state index in [-0.39, 0.29) is 6.10 Å². The average molecular weight is 175 g/mol. The average Bonchev–Trinajstić information content (AvgIpc) is 2.02. The van der Waals surface area contributed by atoms with Gasteiger partial charge in [-0.25, -0.2) is 0 Å². The zero-order valence-electron chi connectivity index (χ0n) is 7.95. The third kappa shape index (κ3) is 9.88. The number of ether oxygens (including phenoxy) is 2. The van der Waals surface area contributed by atoms with Crippen LogP contribution in [0.5, 0.6) is 0 Å². The van der Waals surface area contributed by atoms with Crippen LogP contribution < -0.4 is 0 Å². The van der Waals surface area contributed by atoms with E-state index in [1.165, 1.54) is 0 Å². The van der Waals surface area contributed by atoms with Crippen molar-refractivity contribution in [2.75, 3.05) is 19.8 Å². The summed E-state index contributed by atoms with van der Waals surface area (Å²) < 4.78 is 10.2. The number of hydrogen-bond donors (Lipinski definition) is 1. The smallest absolute Gasteiger partial charge is 0.0805 e. The first-order chi connectivity index (χ1) is 5.77. The van der Waals surface area contributed by atoms with E-state index < -0.39 is 0 Å². The molecule has 0 bridgehead atoms. The summed E-state index contributed by atoms with van der Waals surface area (Å²) in [4.78, 5) is 0. The first kappa shape index (κ1) is 11.9. The van der Waals surface area contributed by atoms with Crippen molar-refractivity contribution in [3.63, 3.8) is 0 Å². The number of hydrogen-bond acceptors (Lipinski definition) is 3. The van der Waals surface area contributed by atoms with Crippen molar-refractivity contribution in [1.29, 1.82) is 0 Å². The van der Waals surface area contributed by atoms with Crippen LogP contribution in [0, 0.1) is 6.61 Å². The molecule has 73 valence electrons. The van der Waals surface area contributed by atoms with Crippen molar-refractivity contribution in [2.45, 2.75) is 32.8 Å². The van der Waals surface area contributed by atoms with Gasteiger partial charge in [0.05, 0.1) is 19.3 Å². The van der Waals surface area contributed by atoms with Crippen LogP contribution in [0.15, 0.2) is 0 Å². The molecule has 0 aliphatic heterocycles. The van der Waals surface area contributed by atoms with Gasteiger partial charge in [-0.2, -0.15) is 0 Å². The highest BCUT2D eigenvalue weighted by molar-refractivity contribution is 4.44. The van der Waals surface area contributed by atoms with Crippen LogP contribution >= 0.6 is 0 Å². The van der Waals surface area contributed by atoms with Gasteiger partial charge in [-0.15, -0.1) is 0 Å². The molecular formula is C9H19O3. The van der Waals surface area contributed by atoms with Crippen molar-refractivity contribution < 1.29 is 14.6 Å². The zero-order chi connectivity index (χ0) is 9.23. The van der Waals surface area contributed by atoms with Gasteiger partial charge in [0, 0.05) is 13.2 Å². The van der Waals surface area contributed by atoms with Crippen LogP contribution in [0.3, 0.4) is 0 Å². The summed E-state index contributed by atoms with van der Waals surface area (Å²) in [5.41, 5.74) is 0. The molecule has 3 nitrogen and oxygen atoms in total. The van der Waals surface area contributed by atoms with Crippen molar-refractivity contribution in [3.8, 4) is 0 Å². The molecule has 0 heterocycles. The first-order valence-electron chi connectivity index (χ1n) is 4.42. The Kier molecular flexibility index (Phi) is 8.88. The largest absolute Gasteiger partial charge is 0.391 e. The normalized spacial score (nSPS) is 13.2. The Morgan fingerprint density at radius 1 is 1.33 bits per heavy atom. The summed E-state index contributed by atoms with van der Waals surface area (Å²) in [5.74, 6) is 0. The second-order valence-electron chi connectivity index (χ2n) is 2.74. The number of rotatable bonds is 8. The number of aliphatic hydroxyl groups excluding tert-OH is 1. The predicted molar refractivity (Wildman–Crippen MR) is 47.7 cm³/mol. The van der Waals surface area contributed by atoms with Gasteiger partial charge in [0.1, 0.15) is 0 Å². The molecule has 0 aromatic heterocycles. The van der Waals surface area contributed by atoms with E-state index in [9.17, 15) is 0 Å². The fourth-order valence-electron chi connectivity index (χ4n) is 0.761. The summed E-state index contributed by atoms with van der Waals surface area (Å²) in [6.07, 6.45) is 1.63. The van der Waals surface area contributed by atoms with Gasteiger partial charge < -0.3 is 14.6 Å². The van der Waals surface area contributed by atoms with Crippen LogP contribution in [0.2, 0.25) is 0 Å². The van der Waals surface area contributed by atoms with Crippen LogP contribution in [-0.2, 0) is 9.47 Å². The lowest BCUT2D eigenvalue weighted by atomic mass is 10.3. The Morgan fingerprint density at radius 2 is 2.00 bits per heavy atom. The van der Waals surface area contributed by atoms with E-state index >= 15 is 0 Å². The van der Waals surface area contributed by atoms with Gasteiger partial charge in [-0.1, -0.05) is 0 Å². The second-order valence-corrected chi connectivity index (χ2v) is 2.74. The Balaban J connectivity index is 2.82. The highest BCUT2D eigenvalue weighted by Gasteiger charge is 1.94. The molecule has 1 radical (unpaired) electrons. The van der Waals surface area contributed by atoms with Crippen LogP contribution in [0.4, 0.5) is 0 Å². The minimum atomic E-state index is -0.356. The molecule has 0 aromatic carbocycles. The van der Waals surface area contributed by atoms with Crippen molar-refractivity contribution in [2.24, 2.45) is 0 Å². The minimum absolute atomic E-state index is 0.356. The van der Waals surface area contributed by atoms with Gasteiger partial charge in [-0.3, -0.25) is 0 Å². The van der Waals surface area contributed by atoms with E-state index in [1.54, 1.807) is 13.5 Å². The fraction of sp³-hybridized carbons (Fsp3) is 0.889. The molecule has 0 saturated heterocycles. The van der Waals surface area contributed by atoms with E-state index in [0.717, 1.165) is 19.4 Å². The van der Waals surface area contributed by atoms with E-state index in [4.69, 9.17) is 14.6 Å². The van der Waals surface area contributed by atoms with E-state index in [0.29, 0.717) is 13.2 Å². The molecule has 1 unspecified atom stereocenters. The van der Waals surface area contributed by atoms with Gasteiger partial charge in [-0.05, 0) is 26.7 Å². The molecule has 0 aliphatic rings. The maximum Gasteiger partial charge on any atom is 0.0805 e. The summed E-state index contributed by atoms with van der Waals surface area (Å²) in [6.45, 7) is 7.17. The van der Waals surface area contributed by atoms with E-state index in [2.05, 4.69) is 0 Å². The standard InChI is InChI=1S/C9H19O3/c1-3-11-6-4-5-7-12-8-9(2)10/h3,9-10H,4-8H2,1-2H3. The molecule has 1 N–H and O–H groups in total. The molecule has 1 atom stereocenters. The summed E-state index contributed by atoms with van der Waals surface area (Å²) >= 11 is 0. The topological polar surface area (TPSA) is 38.7 Å². The SMILES string of the molecule is C[CH]OCCCCOCC(C)O. The highest BCUT2D eigenvalue weighted by Crippen LogP contribution is 1.93. The molecule has 0 rings (SSSR count). The fourth-order valence-corrected chi connectivity index (χ4v) is 0.761. The molecule has 0 amide bonds. The Morgan fingerprint density at radius 3 is 2.58 bits per heavy atom. The summed E-state index contributed by atoms with van der Waals surface area (Å²) in [6, 6.07) is 0. The summed E-state index contributed by atoms with van der Waals surface area (Å²) in [7, 11) is 0. The maximum absolute atomic E-state index is 8.84. The van der Waals surface area contributed by atoms with Gasteiger partial charge >= 0.3 is 0 Å². The van der Waals surface area contributed by atoms with Crippen molar-refractivity contribution >= 4 is 0 Å². The van der Waals surface area contributed by atoms with Crippen LogP contribution in [-0.4, -0.2) is 31.0 Å². The lowest BCUT2D eigenvalue weighted by molar-refractivity contribution is 0.0425. The van der Waals surface area contributed by atoms with Crippen LogP contribution in [0.25, 0.3) is 0 Å². The van der Waals surface area contributed by atoms with Crippen molar-refractivity contribution in [1.82, 2.24) is 0 Å². The molecule has 0 saturated carbocycles. The van der Waals surface area contributed by atoms with Crippen molar-refractivity contribution in [3.05, 3.63) is 6.61 Å². The van der Waals surface area contributed by atoms with E-state index in [1.807, 2.05) is 6.92 Å². The molecule has 0 spiro atoms. The molecule has 12 heavy (non-hydrogen) atoms. The number of unbranched alkanes of at least 4 members (excludes halogenated alkanes) is 1. The quantitative estimate of drug-likeness (QED) is 0.566. The number of aliphatic hydroxyl groups is 1. The third-order valence-electron chi connectivity index (χ3n) is 1.33. The molecule has 3 heteroatoms. The Bertz CT molecular complexity index is 83.8. The zero-order valence-corrected chi connectivity index (χ0v) is 7.95. The Hall–Kier alpha value is -0.120. The molecule has 0 aliphatic carbocycles. The lowest BCUT2D eigenvalue weighted by Crippen LogP contribution is -2.11. The molecular weight excluding hydrogens is 156 g/mol. The maximum atomic E-state index is 8.84.